The second-order valence-electron chi connectivity index (χ2n) is 4.91. The first-order valence-electron chi connectivity index (χ1n) is 7.11. The number of nitrogens with zero attached hydrogens (tertiary/aromatic N) is 1. The summed E-state index contributed by atoms with van der Waals surface area (Å²) in [5.74, 6) is -1.54. The van der Waals surface area contributed by atoms with Gasteiger partial charge >= 0.3 is 11.9 Å². The molecule has 0 bridgehead atoms. The van der Waals surface area contributed by atoms with E-state index in [1.807, 2.05) is 0 Å². The second-order valence-corrected chi connectivity index (χ2v) is 6.13. The lowest BCUT2D eigenvalue weighted by molar-refractivity contribution is -0.384. The maximum atomic E-state index is 11.2. The minimum absolute atomic E-state index is 0.0206. The van der Waals surface area contributed by atoms with Crippen molar-refractivity contribution < 1.29 is 29.1 Å². The molecule has 0 fully saturated rings. The van der Waals surface area contributed by atoms with Gasteiger partial charge in [-0.25, -0.2) is 9.59 Å². The lowest BCUT2D eigenvalue weighted by atomic mass is 10.2. The summed E-state index contributed by atoms with van der Waals surface area (Å²) >= 11 is 17.0. The number of nitrogen functional groups attached to an aromatic ring is 1. The third kappa shape index (κ3) is 5.62. The van der Waals surface area contributed by atoms with Gasteiger partial charge in [0.2, 0.25) is 0 Å². The van der Waals surface area contributed by atoms with Gasteiger partial charge in [0.05, 0.1) is 51.0 Å². The summed E-state index contributed by atoms with van der Waals surface area (Å²) in [6.45, 7) is 0. The topological polar surface area (TPSA) is 142 Å². The smallest absolute Gasteiger partial charge is 0.340 e. The molecule has 12 heteroatoms. The van der Waals surface area contributed by atoms with Crippen LogP contribution in [0.4, 0.5) is 11.4 Å². The number of nitrogens with two attached hydrogens (primary N) is 1. The van der Waals surface area contributed by atoms with Crippen LogP contribution in [0.1, 0.15) is 20.7 Å². The molecule has 3 N–H and O–H groups in total. The number of aromatic carboxylic acids is 1. The third-order valence-electron chi connectivity index (χ3n) is 3.18. The molecule has 0 aliphatic heterocycles. The van der Waals surface area contributed by atoms with E-state index in [4.69, 9.17) is 50.4 Å². The van der Waals surface area contributed by atoms with E-state index in [-0.39, 0.29) is 31.9 Å². The largest absolute Gasteiger partial charge is 0.495 e. The molecule has 0 radical (unpaired) electrons. The van der Waals surface area contributed by atoms with E-state index < -0.39 is 16.9 Å². The van der Waals surface area contributed by atoms with Crippen molar-refractivity contribution in [3.63, 3.8) is 0 Å². The van der Waals surface area contributed by atoms with E-state index in [1.54, 1.807) is 0 Å². The number of ether oxygens (including phenoxy) is 2. The molecule has 2 rings (SSSR count). The van der Waals surface area contributed by atoms with Crippen LogP contribution in [0.3, 0.4) is 0 Å². The predicted octanol–water partition coefficient (Wildman–Crippen LogP) is 4.32. The Bertz CT molecular complexity index is 912. The Labute approximate surface area is 173 Å². The number of nitro benzene ring substituents is 1. The average Bonchev–Trinajstić information content (AvgIpc) is 2.61. The Balaban J connectivity index is 0.000000283. The molecule has 0 unspecified atom stereocenters. The molecule has 0 saturated heterocycles. The Morgan fingerprint density at radius 3 is 2.00 bits per heavy atom. The molecule has 0 amide bonds. The Kier molecular flexibility index (Phi) is 8.30. The van der Waals surface area contributed by atoms with Crippen molar-refractivity contribution in [2.75, 3.05) is 20.0 Å². The second kappa shape index (κ2) is 9.98. The first kappa shape index (κ1) is 23.3. The van der Waals surface area contributed by atoms with Crippen LogP contribution in [-0.2, 0) is 4.74 Å². The van der Waals surface area contributed by atoms with Gasteiger partial charge in [-0.1, -0.05) is 34.8 Å². The molecule has 2 aromatic carbocycles. The lowest BCUT2D eigenvalue weighted by Gasteiger charge is -2.06. The van der Waals surface area contributed by atoms with Crippen LogP contribution in [0.5, 0.6) is 5.75 Å². The first-order valence-corrected chi connectivity index (χ1v) is 8.24. The monoisotopic (exact) mass is 450 g/mol. The number of carbonyl (C=O) groups is 2. The maximum absolute atomic E-state index is 11.2. The first-order chi connectivity index (χ1) is 13.0. The molecule has 28 heavy (non-hydrogen) atoms. The van der Waals surface area contributed by atoms with E-state index in [1.165, 1.54) is 19.2 Å². The number of non-ortho nitro benzene ring substituents is 1. The van der Waals surface area contributed by atoms with Gasteiger partial charge in [0.15, 0.2) is 0 Å². The summed E-state index contributed by atoms with van der Waals surface area (Å²) in [4.78, 5) is 31.6. The summed E-state index contributed by atoms with van der Waals surface area (Å²) in [6.07, 6.45) is 0. The Morgan fingerprint density at radius 2 is 1.61 bits per heavy atom. The number of methoxy groups -OCH3 is 2. The van der Waals surface area contributed by atoms with E-state index in [0.29, 0.717) is 11.4 Å². The molecule has 0 heterocycles. The number of carbonyl (C=O) groups excluding carboxylic acids is 1. The van der Waals surface area contributed by atoms with E-state index in [0.717, 1.165) is 19.2 Å². The van der Waals surface area contributed by atoms with Gasteiger partial charge in [-0.3, -0.25) is 10.1 Å². The summed E-state index contributed by atoms with van der Waals surface area (Å²) in [7, 11) is 2.57. The fourth-order valence-electron chi connectivity index (χ4n) is 1.87. The normalized spacial score (nSPS) is 9.75. The number of rotatable bonds is 4. The number of nitro groups is 1. The molecule has 0 spiro atoms. The SMILES string of the molecule is COC(=O)c1c(Cl)cc([N+](=O)[O-])cc1Cl.COc1cc(C(=O)O)c(Cl)cc1N. The van der Waals surface area contributed by atoms with Crippen LogP contribution in [0.2, 0.25) is 15.1 Å². The van der Waals surface area contributed by atoms with E-state index in [9.17, 15) is 19.7 Å². The molecule has 0 saturated carbocycles. The quantitative estimate of drug-likeness (QED) is 0.303. The zero-order chi connectivity index (χ0) is 21.6. The molecule has 0 aromatic heterocycles. The van der Waals surface area contributed by atoms with Crippen LogP contribution in [0.25, 0.3) is 0 Å². The highest BCUT2D eigenvalue weighted by Crippen LogP contribution is 2.30. The predicted molar refractivity (Wildman–Crippen MR) is 104 cm³/mol. The van der Waals surface area contributed by atoms with Crippen molar-refractivity contribution >= 4 is 58.1 Å². The fourth-order valence-corrected chi connectivity index (χ4v) is 2.75. The van der Waals surface area contributed by atoms with Gasteiger partial charge in [0, 0.05) is 12.1 Å². The van der Waals surface area contributed by atoms with Gasteiger partial charge in [-0.15, -0.1) is 0 Å². The number of halogens is 3. The van der Waals surface area contributed by atoms with Gasteiger partial charge < -0.3 is 20.3 Å². The minimum atomic E-state index is -1.11. The fraction of sp³-hybridized carbons (Fsp3) is 0.125. The molecule has 0 aliphatic carbocycles. The number of anilines is 1. The highest BCUT2D eigenvalue weighted by atomic mass is 35.5. The van der Waals surface area contributed by atoms with Gasteiger partial charge in [-0.2, -0.15) is 0 Å². The molecule has 2 aromatic rings. The minimum Gasteiger partial charge on any atom is -0.495 e. The zero-order valence-electron chi connectivity index (χ0n) is 14.4. The molecule has 0 atom stereocenters. The number of hydrogen-bond acceptors (Lipinski definition) is 7. The highest BCUT2D eigenvalue weighted by Gasteiger charge is 2.20. The van der Waals surface area contributed by atoms with Crippen LogP contribution < -0.4 is 10.5 Å². The highest BCUT2D eigenvalue weighted by molar-refractivity contribution is 6.39. The van der Waals surface area contributed by atoms with Crippen molar-refractivity contribution in [2.24, 2.45) is 0 Å². The zero-order valence-corrected chi connectivity index (χ0v) is 16.6. The van der Waals surface area contributed by atoms with Gasteiger partial charge in [-0.05, 0) is 12.1 Å². The van der Waals surface area contributed by atoms with Crippen molar-refractivity contribution in [3.8, 4) is 5.75 Å². The van der Waals surface area contributed by atoms with E-state index >= 15 is 0 Å². The van der Waals surface area contributed by atoms with Crippen LogP contribution >= 0.6 is 34.8 Å². The number of esters is 1. The number of carboxylic acid groups (broad SMARTS) is 1. The summed E-state index contributed by atoms with van der Waals surface area (Å²) in [6, 6.07) is 4.73. The van der Waals surface area contributed by atoms with Crippen LogP contribution in [0, 0.1) is 10.1 Å². The number of benzene rings is 2. The molecule has 0 aliphatic rings. The van der Waals surface area contributed by atoms with Crippen molar-refractivity contribution in [1.82, 2.24) is 0 Å². The molecule has 9 nitrogen and oxygen atoms in total. The van der Waals surface area contributed by atoms with Crippen LogP contribution in [-0.4, -0.2) is 36.2 Å². The van der Waals surface area contributed by atoms with Crippen LogP contribution in [0.15, 0.2) is 24.3 Å². The Morgan fingerprint density at radius 1 is 1.07 bits per heavy atom. The maximum Gasteiger partial charge on any atom is 0.340 e. The summed E-state index contributed by atoms with van der Waals surface area (Å²) in [5.41, 5.74) is 5.44. The lowest BCUT2D eigenvalue weighted by Crippen LogP contribution is -2.03. The average molecular weight is 452 g/mol. The molecule has 150 valence electrons. The van der Waals surface area contributed by atoms with Gasteiger partial charge in [0.25, 0.3) is 5.69 Å². The standard InChI is InChI=1S/C8H5Cl2NO4.C8H8ClNO3/c1-15-8(12)7-5(9)2-4(11(13)14)3-6(7)10;1-13-7-2-4(8(11)12)5(9)3-6(7)10/h2-3H,1H3;2-3H,10H2,1H3,(H,11,12). The molecular weight excluding hydrogens is 439 g/mol. The van der Waals surface area contributed by atoms with Gasteiger partial charge in [0.1, 0.15) is 5.75 Å². The Hall–Kier alpha value is -2.75. The van der Waals surface area contributed by atoms with Crippen molar-refractivity contribution in [1.29, 1.82) is 0 Å². The van der Waals surface area contributed by atoms with Crippen molar-refractivity contribution in [3.05, 3.63) is 60.6 Å². The summed E-state index contributed by atoms with van der Waals surface area (Å²) < 4.78 is 9.26. The molecular formula is C16H13Cl3N2O7. The number of hydrogen-bond donors (Lipinski definition) is 2. The number of carboxylic acids is 1. The van der Waals surface area contributed by atoms with Crippen molar-refractivity contribution in [2.45, 2.75) is 0 Å². The van der Waals surface area contributed by atoms with E-state index in [2.05, 4.69) is 4.74 Å². The third-order valence-corrected chi connectivity index (χ3v) is 4.09. The summed E-state index contributed by atoms with van der Waals surface area (Å²) in [5, 5.41) is 19.0.